The Hall–Kier alpha value is -2.49. The molecule has 0 aliphatic heterocycles. The van der Waals surface area contributed by atoms with Gasteiger partial charge in [0.15, 0.2) is 5.78 Å². The predicted octanol–water partition coefficient (Wildman–Crippen LogP) is 2.93. The summed E-state index contributed by atoms with van der Waals surface area (Å²) in [4.78, 5) is 11.9. The van der Waals surface area contributed by atoms with Crippen LogP contribution in [0.5, 0.6) is 0 Å². The van der Waals surface area contributed by atoms with Gasteiger partial charge >= 0.3 is 0 Å². The summed E-state index contributed by atoms with van der Waals surface area (Å²) >= 11 is 0. The van der Waals surface area contributed by atoms with Crippen molar-refractivity contribution in [3.63, 3.8) is 0 Å². The molecule has 5 N–H and O–H groups in total. The van der Waals surface area contributed by atoms with Crippen molar-refractivity contribution in [3.05, 3.63) is 54.1 Å². The van der Waals surface area contributed by atoms with Crippen LogP contribution in [0, 0.1) is 0 Å². The molecule has 0 fully saturated rings. The van der Waals surface area contributed by atoms with E-state index in [0.29, 0.717) is 17.7 Å². The summed E-state index contributed by atoms with van der Waals surface area (Å²) in [5.41, 5.74) is 14.4. The molecule has 0 atom stereocenters. The molecule has 0 aliphatic rings. The number of ketones is 1. The van der Waals surface area contributed by atoms with Gasteiger partial charge < -0.3 is 16.8 Å². The quantitative estimate of drug-likeness (QED) is 0.428. The summed E-state index contributed by atoms with van der Waals surface area (Å²) in [6.07, 6.45) is 1.31. The zero-order valence-electron chi connectivity index (χ0n) is 11.3. The van der Waals surface area contributed by atoms with Gasteiger partial charge in [0, 0.05) is 35.6 Å². The molecular formula is C16H19N3O. The minimum absolute atomic E-state index is 0.143. The highest BCUT2D eigenvalue weighted by Gasteiger charge is 2.04. The Morgan fingerprint density at radius 2 is 1.45 bits per heavy atom. The average Bonchev–Trinajstić information content (AvgIpc) is 2.46. The van der Waals surface area contributed by atoms with E-state index in [9.17, 15) is 4.79 Å². The highest BCUT2D eigenvalue weighted by Crippen LogP contribution is 2.12. The van der Waals surface area contributed by atoms with E-state index in [-0.39, 0.29) is 5.78 Å². The molecule has 0 saturated carbocycles. The van der Waals surface area contributed by atoms with E-state index in [2.05, 4.69) is 5.32 Å². The van der Waals surface area contributed by atoms with Crippen molar-refractivity contribution >= 4 is 22.8 Å². The van der Waals surface area contributed by atoms with Gasteiger partial charge in [-0.3, -0.25) is 4.79 Å². The Bertz CT molecular complexity index is 561. The summed E-state index contributed by atoms with van der Waals surface area (Å²) in [6.45, 7) is 0.755. The zero-order chi connectivity index (χ0) is 14.4. The fourth-order valence-electron chi connectivity index (χ4n) is 1.90. The molecule has 4 nitrogen and oxygen atoms in total. The van der Waals surface area contributed by atoms with Crippen molar-refractivity contribution in [2.24, 2.45) is 0 Å². The summed E-state index contributed by atoms with van der Waals surface area (Å²) in [7, 11) is 0. The van der Waals surface area contributed by atoms with Crippen LogP contribution in [0.25, 0.3) is 0 Å². The van der Waals surface area contributed by atoms with E-state index in [1.165, 1.54) is 0 Å². The Kier molecular flexibility index (Phi) is 4.60. The van der Waals surface area contributed by atoms with Crippen LogP contribution in [0.15, 0.2) is 48.5 Å². The first-order valence-corrected chi connectivity index (χ1v) is 6.63. The monoisotopic (exact) mass is 269 g/mol. The number of anilines is 3. The van der Waals surface area contributed by atoms with E-state index >= 15 is 0 Å². The number of rotatable bonds is 6. The second-order valence-electron chi connectivity index (χ2n) is 4.70. The van der Waals surface area contributed by atoms with Gasteiger partial charge in [-0.05, 0) is 55.0 Å². The minimum atomic E-state index is 0.143. The molecule has 0 amide bonds. The van der Waals surface area contributed by atoms with Crippen LogP contribution in [0.3, 0.4) is 0 Å². The molecule has 0 saturated heterocycles. The zero-order valence-corrected chi connectivity index (χ0v) is 11.3. The van der Waals surface area contributed by atoms with Crippen molar-refractivity contribution < 1.29 is 4.79 Å². The molecule has 0 radical (unpaired) electrons. The first-order chi connectivity index (χ1) is 9.65. The van der Waals surface area contributed by atoms with Crippen LogP contribution >= 0.6 is 0 Å². The molecule has 0 heterocycles. The maximum absolute atomic E-state index is 11.9. The molecular weight excluding hydrogens is 250 g/mol. The van der Waals surface area contributed by atoms with Crippen molar-refractivity contribution in [3.8, 4) is 0 Å². The van der Waals surface area contributed by atoms with Crippen LogP contribution < -0.4 is 16.8 Å². The molecule has 104 valence electrons. The van der Waals surface area contributed by atoms with Gasteiger partial charge in [0.25, 0.3) is 0 Å². The molecule has 4 heteroatoms. The van der Waals surface area contributed by atoms with Crippen molar-refractivity contribution in [1.29, 1.82) is 0 Å². The highest BCUT2D eigenvalue weighted by molar-refractivity contribution is 5.96. The molecule has 2 aromatic rings. The number of carbonyl (C=O) groups is 1. The summed E-state index contributed by atoms with van der Waals surface area (Å²) in [5.74, 6) is 0.143. The molecule has 2 aromatic carbocycles. The molecule has 0 aliphatic carbocycles. The van der Waals surface area contributed by atoms with Crippen LogP contribution in [0.4, 0.5) is 17.1 Å². The van der Waals surface area contributed by atoms with Gasteiger partial charge in [-0.25, -0.2) is 0 Å². The van der Waals surface area contributed by atoms with Crippen LogP contribution in [-0.4, -0.2) is 12.3 Å². The van der Waals surface area contributed by atoms with Crippen molar-refractivity contribution in [1.82, 2.24) is 0 Å². The lowest BCUT2D eigenvalue weighted by Crippen LogP contribution is -2.06. The maximum atomic E-state index is 11.9. The van der Waals surface area contributed by atoms with Crippen LogP contribution in [0.2, 0.25) is 0 Å². The number of Topliss-reactive ketones (excluding diaryl/α,β-unsaturated/α-hetero) is 1. The van der Waals surface area contributed by atoms with Crippen molar-refractivity contribution in [2.75, 3.05) is 23.3 Å². The number of benzene rings is 2. The predicted molar refractivity (Wildman–Crippen MR) is 83.8 cm³/mol. The third kappa shape index (κ3) is 4.02. The Morgan fingerprint density at radius 1 is 0.900 bits per heavy atom. The van der Waals surface area contributed by atoms with E-state index in [1.54, 1.807) is 24.3 Å². The molecule has 0 bridgehead atoms. The lowest BCUT2D eigenvalue weighted by molar-refractivity contribution is 0.0981. The van der Waals surface area contributed by atoms with E-state index in [1.807, 2.05) is 24.3 Å². The molecule has 0 unspecified atom stereocenters. The largest absolute Gasteiger partial charge is 0.399 e. The SMILES string of the molecule is Nc1ccc(NCCCC(=O)c2ccc(N)cc2)cc1. The van der Waals surface area contributed by atoms with Gasteiger partial charge in [0.1, 0.15) is 0 Å². The number of nitrogens with one attached hydrogen (secondary N) is 1. The van der Waals surface area contributed by atoms with Gasteiger partial charge in [-0.2, -0.15) is 0 Å². The fourth-order valence-corrected chi connectivity index (χ4v) is 1.90. The number of nitrogens with two attached hydrogens (primary N) is 2. The maximum Gasteiger partial charge on any atom is 0.162 e. The van der Waals surface area contributed by atoms with Gasteiger partial charge in [-0.1, -0.05) is 0 Å². The lowest BCUT2D eigenvalue weighted by Gasteiger charge is -2.06. The number of nitrogen functional groups attached to an aromatic ring is 2. The smallest absolute Gasteiger partial charge is 0.162 e. The lowest BCUT2D eigenvalue weighted by atomic mass is 10.1. The third-order valence-electron chi connectivity index (χ3n) is 3.05. The standard InChI is InChI=1S/C16H19N3O/c17-13-5-3-12(4-6-13)16(20)2-1-11-19-15-9-7-14(18)8-10-15/h3-10,19H,1-2,11,17-18H2. The average molecular weight is 269 g/mol. The van der Waals surface area contributed by atoms with E-state index in [4.69, 9.17) is 11.5 Å². The first kappa shape index (κ1) is 13.9. The first-order valence-electron chi connectivity index (χ1n) is 6.63. The van der Waals surface area contributed by atoms with Gasteiger partial charge in [0.2, 0.25) is 0 Å². The van der Waals surface area contributed by atoms with E-state index < -0.39 is 0 Å². The van der Waals surface area contributed by atoms with Gasteiger partial charge in [0.05, 0.1) is 0 Å². The number of hydrogen-bond acceptors (Lipinski definition) is 4. The molecule has 20 heavy (non-hydrogen) atoms. The number of carbonyl (C=O) groups excluding carboxylic acids is 1. The Balaban J connectivity index is 1.74. The third-order valence-corrected chi connectivity index (χ3v) is 3.05. The molecule has 0 spiro atoms. The van der Waals surface area contributed by atoms with Crippen LogP contribution in [-0.2, 0) is 0 Å². The summed E-state index contributed by atoms with van der Waals surface area (Å²) in [5, 5.41) is 3.26. The number of hydrogen-bond donors (Lipinski definition) is 3. The van der Waals surface area contributed by atoms with Gasteiger partial charge in [-0.15, -0.1) is 0 Å². The van der Waals surface area contributed by atoms with Crippen LogP contribution in [0.1, 0.15) is 23.2 Å². The second kappa shape index (κ2) is 6.61. The minimum Gasteiger partial charge on any atom is -0.399 e. The summed E-state index contributed by atoms with van der Waals surface area (Å²) in [6, 6.07) is 14.6. The normalized spacial score (nSPS) is 10.2. The Morgan fingerprint density at radius 3 is 2.05 bits per heavy atom. The molecule has 0 aromatic heterocycles. The highest BCUT2D eigenvalue weighted by atomic mass is 16.1. The molecule has 2 rings (SSSR count). The van der Waals surface area contributed by atoms with E-state index in [0.717, 1.165) is 24.3 Å². The second-order valence-corrected chi connectivity index (χ2v) is 4.70. The fraction of sp³-hybridized carbons (Fsp3) is 0.188. The summed E-state index contributed by atoms with van der Waals surface area (Å²) < 4.78 is 0. The Labute approximate surface area is 118 Å². The van der Waals surface area contributed by atoms with Crippen molar-refractivity contribution in [2.45, 2.75) is 12.8 Å². The topological polar surface area (TPSA) is 81.1 Å².